The highest BCUT2D eigenvalue weighted by Crippen LogP contribution is 2.39. The first-order valence-electron chi connectivity index (χ1n) is 8.28. The van der Waals surface area contributed by atoms with Gasteiger partial charge in [0.2, 0.25) is 5.78 Å². The number of amides is 1. The molecule has 0 bridgehead atoms. The number of rotatable bonds is 5. The Balaban J connectivity index is 1.79. The van der Waals surface area contributed by atoms with Crippen LogP contribution < -0.4 is 0 Å². The summed E-state index contributed by atoms with van der Waals surface area (Å²) in [6.45, 7) is 0.193. The number of aliphatic hydroxyl groups excluding tert-OH is 1. The molecule has 0 saturated carbocycles. The molecule has 1 atom stereocenters. The fraction of sp³-hybridized carbons (Fsp3) is 0.100. The number of hydrogen-bond donors (Lipinski definition) is 1. The molecule has 1 aliphatic heterocycles. The molecule has 0 unspecified atom stereocenters. The number of nitrogens with zero attached hydrogens (tertiary/aromatic N) is 3. The Hall–Kier alpha value is -3.74. The third kappa shape index (κ3) is 2.99. The summed E-state index contributed by atoms with van der Waals surface area (Å²) in [5.74, 6) is -1.65. The van der Waals surface area contributed by atoms with E-state index in [4.69, 9.17) is 4.42 Å². The van der Waals surface area contributed by atoms with Crippen molar-refractivity contribution < 1.29 is 19.1 Å². The van der Waals surface area contributed by atoms with Gasteiger partial charge in [-0.3, -0.25) is 19.6 Å². The summed E-state index contributed by atoms with van der Waals surface area (Å²) in [6, 6.07) is 9.34. The molecule has 0 aliphatic carbocycles. The second-order valence-electron chi connectivity index (χ2n) is 6.05. The van der Waals surface area contributed by atoms with E-state index in [2.05, 4.69) is 9.97 Å². The second-order valence-corrected chi connectivity index (χ2v) is 6.05. The maximum absolute atomic E-state index is 12.9. The lowest BCUT2D eigenvalue weighted by Gasteiger charge is -2.26. The molecule has 3 aromatic rings. The summed E-state index contributed by atoms with van der Waals surface area (Å²) in [5, 5.41) is 10.5. The molecule has 0 saturated heterocycles. The molecule has 0 radical (unpaired) electrons. The Morgan fingerprint density at radius 3 is 2.59 bits per heavy atom. The molecule has 0 aromatic carbocycles. The van der Waals surface area contributed by atoms with Crippen LogP contribution in [0.5, 0.6) is 0 Å². The van der Waals surface area contributed by atoms with Crippen LogP contribution in [0, 0.1) is 0 Å². The third-order valence-corrected chi connectivity index (χ3v) is 4.39. The highest BCUT2D eigenvalue weighted by Gasteiger charge is 2.44. The summed E-state index contributed by atoms with van der Waals surface area (Å²) in [5.41, 5.74) is 1.44. The maximum atomic E-state index is 12.9. The van der Waals surface area contributed by atoms with Crippen LogP contribution in [0.15, 0.2) is 83.2 Å². The molecular formula is C20H15N3O4. The lowest BCUT2D eigenvalue weighted by atomic mass is 9.95. The number of carbonyl (C=O) groups excluding carboxylic acids is 2. The zero-order valence-corrected chi connectivity index (χ0v) is 14.1. The largest absolute Gasteiger partial charge is 0.503 e. The molecule has 7 nitrogen and oxygen atoms in total. The van der Waals surface area contributed by atoms with E-state index in [0.29, 0.717) is 5.56 Å². The van der Waals surface area contributed by atoms with Crippen molar-refractivity contribution in [1.29, 1.82) is 0 Å². The average molecular weight is 361 g/mol. The standard InChI is InChI=1S/C20H15N3O4/c24-18(15-4-2-10-27-15)16-17(14-5-8-21-9-6-14)23(20(26)19(16)25)12-13-3-1-7-22-11-13/h1-11,17,25H,12H2/t17-/m0/s1. The first-order chi connectivity index (χ1) is 13.2. The van der Waals surface area contributed by atoms with Gasteiger partial charge in [0.1, 0.15) is 0 Å². The van der Waals surface area contributed by atoms with E-state index in [0.717, 1.165) is 5.56 Å². The van der Waals surface area contributed by atoms with Gasteiger partial charge in [0.15, 0.2) is 11.5 Å². The highest BCUT2D eigenvalue weighted by molar-refractivity contribution is 6.14. The topological polar surface area (TPSA) is 96.5 Å². The molecule has 4 heterocycles. The van der Waals surface area contributed by atoms with Crippen molar-refractivity contribution in [3.8, 4) is 0 Å². The maximum Gasteiger partial charge on any atom is 0.290 e. The van der Waals surface area contributed by atoms with Gasteiger partial charge in [-0.25, -0.2) is 0 Å². The first-order valence-corrected chi connectivity index (χ1v) is 8.28. The van der Waals surface area contributed by atoms with E-state index in [-0.39, 0.29) is 17.9 Å². The van der Waals surface area contributed by atoms with Gasteiger partial charge in [-0.05, 0) is 41.5 Å². The number of pyridine rings is 2. The Bertz CT molecular complexity index is 998. The van der Waals surface area contributed by atoms with Gasteiger partial charge < -0.3 is 14.4 Å². The van der Waals surface area contributed by atoms with Gasteiger partial charge >= 0.3 is 0 Å². The van der Waals surface area contributed by atoms with Crippen LogP contribution in [0.2, 0.25) is 0 Å². The van der Waals surface area contributed by atoms with Crippen molar-refractivity contribution in [2.75, 3.05) is 0 Å². The Kier molecular flexibility index (Phi) is 4.25. The SMILES string of the molecule is O=C(C1=C(O)C(=O)N(Cc2cccnc2)[C@H]1c1ccncc1)c1ccco1. The number of aromatic nitrogens is 2. The monoisotopic (exact) mass is 361 g/mol. The van der Waals surface area contributed by atoms with E-state index in [1.165, 1.54) is 17.2 Å². The molecule has 4 rings (SSSR count). The van der Waals surface area contributed by atoms with Crippen molar-refractivity contribution in [3.63, 3.8) is 0 Å². The molecular weight excluding hydrogens is 346 g/mol. The summed E-state index contributed by atoms with van der Waals surface area (Å²) in [6.07, 6.45) is 7.80. The number of aliphatic hydroxyl groups is 1. The van der Waals surface area contributed by atoms with E-state index in [1.807, 2.05) is 6.07 Å². The van der Waals surface area contributed by atoms with Crippen LogP contribution in [0.4, 0.5) is 0 Å². The molecule has 1 amide bonds. The third-order valence-electron chi connectivity index (χ3n) is 4.39. The zero-order valence-electron chi connectivity index (χ0n) is 14.1. The normalized spacial score (nSPS) is 16.8. The van der Waals surface area contributed by atoms with Crippen molar-refractivity contribution in [3.05, 3.63) is 95.7 Å². The second kappa shape index (κ2) is 6.87. The Morgan fingerprint density at radius 1 is 1.11 bits per heavy atom. The van der Waals surface area contributed by atoms with Crippen LogP contribution in [0.1, 0.15) is 27.7 Å². The average Bonchev–Trinajstić information content (AvgIpc) is 3.32. The van der Waals surface area contributed by atoms with E-state index >= 15 is 0 Å². The molecule has 0 spiro atoms. The van der Waals surface area contributed by atoms with Gasteiger partial charge in [-0.2, -0.15) is 0 Å². The van der Waals surface area contributed by atoms with E-state index < -0.39 is 23.5 Å². The molecule has 7 heteroatoms. The molecule has 134 valence electrons. The van der Waals surface area contributed by atoms with Crippen LogP contribution in [-0.2, 0) is 11.3 Å². The summed E-state index contributed by atoms with van der Waals surface area (Å²) < 4.78 is 5.18. The zero-order chi connectivity index (χ0) is 18.8. The number of hydrogen-bond acceptors (Lipinski definition) is 6. The van der Waals surface area contributed by atoms with Crippen LogP contribution in [0.25, 0.3) is 0 Å². The van der Waals surface area contributed by atoms with E-state index in [1.54, 1.807) is 49.1 Å². The van der Waals surface area contributed by atoms with Gasteiger partial charge in [-0.15, -0.1) is 0 Å². The molecule has 1 aliphatic rings. The smallest absolute Gasteiger partial charge is 0.290 e. The van der Waals surface area contributed by atoms with Crippen molar-refractivity contribution in [2.24, 2.45) is 0 Å². The van der Waals surface area contributed by atoms with Crippen LogP contribution >= 0.6 is 0 Å². The first kappa shape index (κ1) is 16.7. The number of carbonyl (C=O) groups is 2. The summed E-state index contributed by atoms with van der Waals surface area (Å²) in [7, 11) is 0. The predicted octanol–water partition coefficient (Wildman–Crippen LogP) is 2.85. The Morgan fingerprint density at radius 2 is 1.93 bits per heavy atom. The van der Waals surface area contributed by atoms with Gasteiger partial charge in [0.25, 0.3) is 5.91 Å². The molecule has 0 fully saturated rings. The molecule has 3 aromatic heterocycles. The minimum absolute atomic E-state index is 0.00922. The van der Waals surface area contributed by atoms with Gasteiger partial charge in [0, 0.05) is 31.3 Å². The quantitative estimate of drug-likeness (QED) is 0.702. The predicted molar refractivity (Wildman–Crippen MR) is 94.5 cm³/mol. The minimum atomic E-state index is -0.752. The number of ketones is 1. The molecule has 27 heavy (non-hydrogen) atoms. The van der Waals surface area contributed by atoms with Gasteiger partial charge in [-0.1, -0.05) is 6.07 Å². The highest BCUT2D eigenvalue weighted by atomic mass is 16.3. The van der Waals surface area contributed by atoms with Crippen molar-refractivity contribution in [1.82, 2.24) is 14.9 Å². The van der Waals surface area contributed by atoms with Gasteiger partial charge in [0.05, 0.1) is 17.9 Å². The molecule has 1 N–H and O–H groups in total. The van der Waals surface area contributed by atoms with Crippen LogP contribution in [-0.4, -0.2) is 31.7 Å². The number of furan rings is 1. The summed E-state index contributed by atoms with van der Waals surface area (Å²) >= 11 is 0. The lowest BCUT2D eigenvalue weighted by molar-refractivity contribution is -0.130. The fourth-order valence-corrected chi connectivity index (χ4v) is 3.17. The van der Waals surface area contributed by atoms with Crippen molar-refractivity contribution in [2.45, 2.75) is 12.6 Å². The van der Waals surface area contributed by atoms with E-state index in [9.17, 15) is 14.7 Å². The summed E-state index contributed by atoms with van der Waals surface area (Å²) in [4.78, 5) is 35.2. The number of Topliss-reactive ketones (excluding diaryl/α,β-unsaturated/α-hetero) is 1. The Labute approximate surface area is 154 Å². The lowest BCUT2D eigenvalue weighted by Crippen LogP contribution is -2.30. The van der Waals surface area contributed by atoms with Crippen molar-refractivity contribution >= 4 is 11.7 Å². The fourth-order valence-electron chi connectivity index (χ4n) is 3.17. The van der Waals surface area contributed by atoms with Crippen LogP contribution in [0.3, 0.4) is 0 Å². The minimum Gasteiger partial charge on any atom is -0.503 e.